The first-order chi connectivity index (χ1) is 9.19. The Bertz CT molecular complexity index is 537. The zero-order valence-corrected chi connectivity index (χ0v) is 12.0. The number of hydrogen-bond acceptors (Lipinski definition) is 2. The van der Waals surface area contributed by atoms with Crippen LogP contribution in [-0.4, -0.2) is 13.7 Å². The van der Waals surface area contributed by atoms with E-state index in [9.17, 15) is 0 Å². The van der Waals surface area contributed by atoms with Crippen molar-refractivity contribution in [3.8, 4) is 5.75 Å². The van der Waals surface area contributed by atoms with Gasteiger partial charge in [0.1, 0.15) is 5.75 Å². The van der Waals surface area contributed by atoms with Gasteiger partial charge in [-0.05, 0) is 48.7 Å². The van der Waals surface area contributed by atoms with Gasteiger partial charge in [0.15, 0.2) is 0 Å². The second kappa shape index (κ2) is 6.48. The molecule has 100 valence electrons. The van der Waals surface area contributed by atoms with Crippen LogP contribution in [0.4, 0.5) is 5.69 Å². The summed E-state index contributed by atoms with van der Waals surface area (Å²) >= 11 is 6.14. The van der Waals surface area contributed by atoms with E-state index in [0.717, 1.165) is 29.4 Å². The first-order valence-corrected chi connectivity index (χ1v) is 6.70. The molecule has 2 aromatic carbocycles. The van der Waals surface area contributed by atoms with Gasteiger partial charge in [-0.15, -0.1) is 0 Å². The minimum absolute atomic E-state index is 0.764. The molecule has 0 atom stereocenters. The monoisotopic (exact) mass is 275 g/mol. The Morgan fingerprint density at radius 2 is 1.84 bits per heavy atom. The summed E-state index contributed by atoms with van der Waals surface area (Å²) in [5.74, 6) is 0.887. The second-order valence-corrected chi connectivity index (χ2v) is 4.92. The zero-order valence-electron chi connectivity index (χ0n) is 11.2. The summed E-state index contributed by atoms with van der Waals surface area (Å²) in [7, 11) is 1.68. The van der Waals surface area contributed by atoms with E-state index in [4.69, 9.17) is 16.3 Å². The van der Waals surface area contributed by atoms with E-state index in [1.165, 1.54) is 11.1 Å². The number of aryl methyl sites for hydroxylation is 1. The van der Waals surface area contributed by atoms with Gasteiger partial charge in [0.2, 0.25) is 0 Å². The van der Waals surface area contributed by atoms with Crippen LogP contribution in [0.1, 0.15) is 11.1 Å². The highest BCUT2D eigenvalue weighted by Crippen LogP contribution is 2.22. The van der Waals surface area contributed by atoms with Gasteiger partial charge in [0, 0.05) is 6.54 Å². The van der Waals surface area contributed by atoms with Crippen molar-refractivity contribution < 1.29 is 4.74 Å². The van der Waals surface area contributed by atoms with Crippen LogP contribution in [0.15, 0.2) is 42.5 Å². The maximum Gasteiger partial charge on any atom is 0.118 e. The average molecular weight is 276 g/mol. The second-order valence-electron chi connectivity index (χ2n) is 4.51. The molecule has 0 aliphatic carbocycles. The van der Waals surface area contributed by atoms with E-state index in [0.29, 0.717) is 0 Å². The van der Waals surface area contributed by atoms with Crippen molar-refractivity contribution in [2.24, 2.45) is 0 Å². The van der Waals surface area contributed by atoms with Crippen LogP contribution in [0, 0.1) is 6.92 Å². The molecule has 2 nitrogen and oxygen atoms in total. The molecule has 1 N–H and O–H groups in total. The summed E-state index contributed by atoms with van der Waals surface area (Å²) < 4.78 is 5.14. The smallest absolute Gasteiger partial charge is 0.118 e. The van der Waals surface area contributed by atoms with E-state index < -0.39 is 0 Å². The number of anilines is 1. The molecule has 0 aliphatic rings. The van der Waals surface area contributed by atoms with Gasteiger partial charge in [0.05, 0.1) is 17.8 Å². The van der Waals surface area contributed by atoms with Crippen LogP contribution in [0.5, 0.6) is 5.75 Å². The van der Waals surface area contributed by atoms with Gasteiger partial charge in [-0.3, -0.25) is 0 Å². The molecular weight excluding hydrogens is 258 g/mol. The van der Waals surface area contributed by atoms with E-state index >= 15 is 0 Å². The fourth-order valence-electron chi connectivity index (χ4n) is 1.91. The van der Waals surface area contributed by atoms with Crippen LogP contribution in [0.3, 0.4) is 0 Å². The Hall–Kier alpha value is -1.67. The number of methoxy groups -OCH3 is 1. The van der Waals surface area contributed by atoms with E-state index in [1.807, 2.05) is 24.3 Å². The van der Waals surface area contributed by atoms with Crippen LogP contribution in [0.2, 0.25) is 5.02 Å². The minimum Gasteiger partial charge on any atom is -0.497 e. The lowest BCUT2D eigenvalue weighted by molar-refractivity contribution is 0.414. The summed E-state index contributed by atoms with van der Waals surface area (Å²) in [6.45, 7) is 2.92. The molecule has 3 heteroatoms. The number of ether oxygens (including phenoxy) is 1. The lowest BCUT2D eigenvalue weighted by Crippen LogP contribution is -2.05. The number of benzene rings is 2. The molecule has 0 unspecified atom stereocenters. The molecule has 0 radical (unpaired) electrons. The summed E-state index contributed by atoms with van der Waals surface area (Å²) in [4.78, 5) is 0. The van der Waals surface area contributed by atoms with Gasteiger partial charge >= 0.3 is 0 Å². The Morgan fingerprint density at radius 3 is 2.53 bits per heavy atom. The molecule has 0 aliphatic heterocycles. The first-order valence-electron chi connectivity index (χ1n) is 6.32. The maximum atomic E-state index is 6.14. The molecule has 0 heterocycles. The topological polar surface area (TPSA) is 21.3 Å². The largest absolute Gasteiger partial charge is 0.497 e. The molecule has 0 saturated heterocycles. The number of nitrogens with one attached hydrogen (secondary N) is 1. The summed E-state index contributed by atoms with van der Waals surface area (Å²) in [5.41, 5.74) is 3.48. The van der Waals surface area contributed by atoms with E-state index in [-0.39, 0.29) is 0 Å². The van der Waals surface area contributed by atoms with Crippen molar-refractivity contribution >= 4 is 17.3 Å². The van der Waals surface area contributed by atoms with Gasteiger partial charge in [-0.2, -0.15) is 0 Å². The van der Waals surface area contributed by atoms with E-state index in [2.05, 4.69) is 30.4 Å². The Balaban J connectivity index is 1.90. The summed E-state index contributed by atoms with van der Waals surface area (Å²) in [6, 6.07) is 14.1. The fourth-order valence-corrected chi connectivity index (χ4v) is 2.09. The van der Waals surface area contributed by atoms with Gasteiger partial charge in [-0.25, -0.2) is 0 Å². The highest BCUT2D eigenvalue weighted by molar-refractivity contribution is 6.33. The van der Waals surface area contributed by atoms with Crippen molar-refractivity contribution in [2.45, 2.75) is 13.3 Å². The van der Waals surface area contributed by atoms with Crippen LogP contribution in [0.25, 0.3) is 0 Å². The molecule has 0 bridgehead atoms. The molecule has 0 spiro atoms. The van der Waals surface area contributed by atoms with Gasteiger partial charge in [-0.1, -0.05) is 29.8 Å². The third kappa shape index (κ3) is 3.90. The minimum atomic E-state index is 0.764. The van der Waals surface area contributed by atoms with Crippen molar-refractivity contribution in [3.63, 3.8) is 0 Å². The molecule has 0 fully saturated rings. The predicted octanol–water partition coefficient (Wildman–Crippen LogP) is 4.31. The average Bonchev–Trinajstić information content (AvgIpc) is 2.43. The standard InChI is InChI=1S/C16H18ClNO/c1-12-3-8-15(17)16(11-12)18-10-9-13-4-6-14(19-2)7-5-13/h3-8,11,18H,9-10H2,1-2H3. The molecule has 0 aromatic heterocycles. The molecule has 0 amide bonds. The van der Waals surface area contributed by atoms with Crippen molar-refractivity contribution in [1.82, 2.24) is 0 Å². The lowest BCUT2D eigenvalue weighted by Gasteiger charge is -2.09. The van der Waals surface area contributed by atoms with E-state index in [1.54, 1.807) is 7.11 Å². The molecule has 2 aromatic rings. The maximum absolute atomic E-state index is 6.14. The highest BCUT2D eigenvalue weighted by atomic mass is 35.5. The SMILES string of the molecule is COc1ccc(CCNc2cc(C)ccc2Cl)cc1. The first kappa shape index (κ1) is 13.8. The molecular formula is C16H18ClNO. The van der Waals surface area contributed by atoms with Crippen LogP contribution >= 0.6 is 11.6 Å². The number of rotatable bonds is 5. The summed E-state index contributed by atoms with van der Waals surface area (Å²) in [6.07, 6.45) is 0.953. The van der Waals surface area contributed by atoms with Crippen molar-refractivity contribution in [1.29, 1.82) is 0 Å². The number of hydrogen-bond donors (Lipinski definition) is 1. The normalized spacial score (nSPS) is 10.3. The van der Waals surface area contributed by atoms with Crippen LogP contribution in [-0.2, 0) is 6.42 Å². The van der Waals surface area contributed by atoms with Crippen LogP contribution < -0.4 is 10.1 Å². The summed E-state index contributed by atoms with van der Waals surface area (Å²) in [5, 5.41) is 4.13. The quantitative estimate of drug-likeness (QED) is 0.878. The molecule has 2 rings (SSSR count). The highest BCUT2D eigenvalue weighted by Gasteiger charge is 2.00. The molecule has 0 saturated carbocycles. The fraction of sp³-hybridized carbons (Fsp3) is 0.250. The van der Waals surface area contributed by atoms with Crippen molar-refractivity contribution in [3.05, 3.63) is 58.6 Å². The Kier molecular flexibility index (Phi) is 4.69. The van der Waals surface area contributed by atoms with Crippen molar-refractivity contribution in [2.75, 3.05) is 19.0 Å². The van der Waals surface area contributed by atoms with Gasteiger partial charge < -0.3 is 10.1 Å². The predicted molar refractivity (Wildman–Crippen MR) is 81.4 cm³/mol. The Morgan fingerprint density at radius 1 is 1.11 bits per heavy atom. The lowest BCUT2D eigenvalue weighted by atomic mass is 10.1. The molecule has 19 heavy (non-hydrogen) atoms. The third-order valence-electron chi connectivity index (χ3n) is 3.01. The third-order valence-corrected chi connectivity index (χ3v) is 3.34. The van der Waals surface area contributed by atoms with Gasteiger partial charge in [0.25, 0.3) is 0 Å². The Labute approximate surface area is 119 Å². The zero-order chi connectivity index (χ0) is 13.7. The number of halogens is 1.